The molecule has 0 aliphatic rings. The fourth-order valence-corrected chi connectivity index (χ4v) is 4.08. The number of ether oxygens (including phenoxy) is 1. The van der Waals surface area contributed by atoms with E-state index in [4.69, 9.17) is 17.0 Å². The van der Waals surface area contributed by atoms with Crippen molar-refractivity contribution in [2.45, 2.75) is 11.8 Å². The molecule has 0 heterocycles. The van der Waals surface area contributed by atoms with Crippen molar-refractivity contribution in [2.75, 3.05) is 17.1 Å². The van der Waals surface area contributed by atoms with Crippen LogP contribution in [0.5, 0.6) is 5.75 Å². The molecule has 0 fully saturated rings. The van der Waals surface area contributed by atoms with Crippen LogP contribution < -0.4 is 20.1 Å². The van der Waals surface area contributed by atoms with E-state index < -0.39 is 15.9 Å². The van der Waals surface area contributed by atoms with Crippen LogP contribution in [0, 0.1) is 0 Å². The molecule has 0 atom stereocenters. The number of hydrogen-bond acceptors (Lipinski definition) is 6. The summed E-state index contributed by atoms with van der Waals surface area (Å²) in [5.41, 5.74) is 1.59. The van der Waals surface area contributed by atoms with Gasteiger partial charge in [-0.05, 0) is 79.8 Å². The Kier molecular flexibility index (Phi) is 7.41. The first-order chi connectivity index (χ1) is 15.7. The summed E-state index contributed by atoms with van der Waals surface area (Å²) in [7, 11) is -2.27. The number of nitrogens with one attached hydrogen (secondary N) is 3. The molecule has 0 saturated heterocycles. The number of hydrogen-bond donors (Lipinski definition) is 3. The maximum atomic E-state index is 12.6. The van der Waals surface area contributed by atoms with Crippen molar-refractivity contribution in [2.24, 2.45) is 0 Å². The quantitative estimate of drug-likeness (QED) is 0.346. The molecule has 0 unspecified atom stereocenters. The zero-order valence-corrected chi connectivity index (χ0v) is 19.4. The first-order valence-corrected chi connectivity index (χ1v) is 11.6. The Morgan fingerprint density at radius 3 is 2.09 bits per heavy atom. The zero-order chi connectivity index (χ0) is 24.0. The lowest BCUT2D eigenvalue weighted by atomic mass is 10.1. The van der Waals surface area contributed by atoms with Crippen LogP contribution in [-0.4, -0.2) is 32.3 Å². The van der Waals surface area contributed by atoms with Gasteiger partial charge in [-0.15, -0.1) is 0 Å². The molecule has 0 spiro atoms. The second-order valence-corrected chi connectivity index (χ2v) is 8.99. The van der Waals surface area contributed by atoms with Crippen LogP contribution in [-0.2, 0) is 10.0 Å². The predicted octanol–water partition coefficient (Wildman–Crippen LogP) is 3.83. The van der Waals surface area contributed by atoms with E-state index in [-0.39, 0.29) is 21.4 Å². The molecule has 3 aromatic rings. The average molecular weight is 484 g/mol. The van der Waals surface area contributed by atoms with E-state index in [1.807, 2.05) is 0 Å². The molecule has 1 amide bonds. The minimum absolute atomic E-state index is 0.0280. The van der Waals surface area contributed by atoms with Gasteiger partial charge in [0.1, 0.15) is 5.75 Å². The van der Waals surface area contributed by atoms with Crippen molar-refractivity contribution in [3.05, 3.63) is 83.9 Å². The van der Waals surface area contributed by atoms with Crippen molar-refractivity contribution in [1.82, 2.24) is 5.32 Å². The number of carbonyl (C=O) groups excluding carboxylic acids is 2. The Morgan fingerprint density at radius 2 is 1.48 bits per heavy atom. The fraction of sp³-hybridized carbons (Fsp3) is 0.0870. The second kappa shape index (κ2) is 10.2. The smallest absolute Gasteiger partial charge is 0.261 e. The summed E-state index contributed by atoms with van der Waals surface area (Å²) in [4.78, 5) is 23.9. The van der Waals surface area contributed by atoms with Gasteiger partial charge in [0, 0.05) is 22.5 Å². The molecular weight excluding hydrogens is 462 g/mol. The molecule has 0 radical (unpaired) electrons. The molecule has 170 valence electrons. The second-order valence-electron chi connectivity index (χ2n) is 6.90. The Hall–Kier alpha value is -3.76. The molecule has 10 heteroatoms. The van der Waals surface area contributed by atoms with Gasteiger partial charge in [-0.1, -0.05) is 12.1 Å². The van der Waals surface area contributed by atoms with E-state index in [9.17, 15) is 18.0 Å². The molecule has 3 rings (SSSR count). The van der Waals surface area contributed by atoms with Gasteiger partial charge in [0.05, 0.1) is 12.0 Å². The van der Waals surface area contributed by atoms with Crippen molar-refractivity contribution < 1.29 is 22.7 Å². The number of Topliss-reactive ketones (excluding diaryl/α,β-unsaturated/α-hetero) is 1. The summed E-state index contributed by atoms with van der Waals surface area (Å²) in [6.45, 7) is 1.42. The van der Waals surface area contributed by atoms with E-state index in [1.54, 1.807) is 42.5 Å². The van der Waals surface area contributed by atoms with Crippen molar-refractivity contribution in [3.8, 4) is 5.75 Å². The van der Waals surface area contributed by atoms with Crippen molar-refractivity contribution >= 4 is 50.4 Å². The summed E-state index contributed by atoms with van der Waals surface area (Å²) in [6.07, 6.45) is 0. The van der Waals surface area contributed by atoms with Crippen LogP contribution in [0.25, 0.3) is 0 Å². The third-order valence-electron chi connectivity index (χ3n) is 4.52. The third kappa shape index (κ3) is 6.37. The van der Waals surface area contributed by atoms with E-state index in [0.717, 1.165) is 0 Å². The van der Waals surface area contributed by atoms with Crippen LogP contribution in [0.1, 0.15) is 27.6 Å². The average Bonchev–Trinajstić information content (AvgIpc) is 2.79. The lowest BCUT2D eigenvalue weighted by Gasteiger charge is -2.12. The molecule has 33 heavy (non-hydrogen) atoms. The predicted molar refractivity (Wildman–Crippen MR) is 130 cm³/mol. The third-order valence-corrected chi connectivity index (χ3v) is 6.12. The lowest BCUT2D eigenvalue weighted by molar-refractivity contribution is 0.0977. The standard InChI is InChI=1S/C23H21N3O5S2/c1-15(27)16-4-3-5-17(14-16)22(28)25-23(32)24-18-8-12-21(13-9-18)33(29,30)26-19-6-10-20(31-2)11-7-19/h3-14,26H,1-2H3,(H2,24,25,28,32). The van der Waals surface area contributed by atoms with Crippen LogP contribution in [0.2, 0.25) is 0 Å². The Balaban J connectivity index is 1.62. The number of carbonyl (C=O) groups is 2. The zero-order valence-electron chi connectivity index (χ0n) is 17.8. The van der Waals surface area contributed by atoms with Gasteiger partial charge in [-0.3, -0.25) is 19.6 Å². The highest BCUT2D eigenvalue weighted by Crippen LogP contribution is 2.20. The molecule has 3 N–H and O–H groups in total. The van der Waals surface area contributed by atoms with E-state index in [2.05, 4.69) is 15.4 Å². The topological polar surface area (TPSA) is 114 Å². The maximum absolute atomic E-state index is 12.6. The number of thiocarbonyl (C=S) groups is 1. The summed E-state index contributed by atoms with van der Waals surface area (Å²) in [5.74, 6) is -0.0108. The molecule has 8 nitrogen and oxygen atoms in total. The van der Waals surface area contributed by atoms with Gasteiger partial charge < -0.3 is 10.1 Å². The number of anilines is 2. The van der Waals surface area contributed by atoms with Gasteiger partial charge in [0.15, 0.2) is 10.9 Å². The molecule has 0 aliphatic heterocycles. The van der Waals surface area contributed by atoms with Crippen molar-refractivity contribution in [1.29, 1.82) is 0 Å². The summed E-state index contributed by atoms with van der Waals surface area (Å²) >= 11 is 5.16. The van der Waals surface area contributed by atoms with Gasteiger partial charge in [-0.2, -0.15) is 0 Å². The van der Waals surface area contributed by atoms with Crippen LogP contribution in [0.3, 0.4) is 0 Å². The lowest BCUT2D eigenvalue weighted by Crippen LogP contribution is -2.34. The van der Waals surface area contributed by atoms with E-state index in [0.29, 0.717) is 22.7 Å². The number of rotatable bonds is 7. The summed E-state index contributed by atoms with van der Waals surface area (Å²) < 4.78 is 32.7. The highest BCUT2D eigenvalue weighted by atomic mass is 32.2. The van der Waals surface area contributed by atoms with Gasteiger partial charge in [-0.25, -0.2) is 8.42 Å². The minimum atomic E-state index is -3.79. The SMILES string of the molecule is COc1ccc(NS(=O)(=O)c2ccc(NC(=S)NC(=O)c3cccc(C(C)=O)c3)cc2)cc1. The Labute approximate surface area is 197 Å². The molecule has 3 aromatic carbocycles. The number of benzene rings is 3. The Bertz CT molecular complexity index is 1290. The van der Waals surface area contributed by atoms with E-state index >= 15 is 0 Å². The van der Waals surface area contributed by atoms with Gasteiger partial charge in [0.25, 0.3) is 15.9 Å². The maximum Gasteiger partial charge on any atom is 0.261 e. The van der Waals surface area contributed by atoms with Crippen LogP contribution in [0.15, 0.2) is 77.7 Å². The van der Waals surface area contributed by atoms with E-state index in [1.165, 1.54) is 44.4 Å². The minimum Gasteiger partial charge on any atom is -0.497 e. The Morgan fingerprint density at radius 1 is 0.879 bits per heavy atom. The summed E-state index contributed by atoms with van der Waals surface area (Å²) in [6, 6.07) is 18.6. The van der Waals surface area contributed by atoms with Crippen molar-refractivity contribution in [3.63, 3.8) is 0 Å². The number of ketones is 1. The number of sulfonamides is 1. The molecule has 0 aliphatic carbocycles. The summed E-state index contributed by atoms with van der Waals surface area (Å²) in [5, 5.41) is 5.38. The highest BCUT2D eigenvalue weighted by Gasteiger charge is 2.15. The first kappa shape index (κ1) is 23.9. The number of amides is 1. The molecule has 0 saturated carbocycles. The largest absolute Gasteiger partial charge is 0.497 e. The van der Waals surface area contributed by atoms with Gasteiger partial charge >= 0.3 is 0 Å². The molecule has 0 aromatic heterocycles. The first-order valence-electron chi connectivity index (χ1n) is 9.68. The van der Waals surface area contributed by atoms with Gasteiger partial charge in [0.2, 0.25) is 0 Å². The van der Waals surface area contributed by atoms with Crippen LogP contribution >= 0.6 is 12.2 Å². The normalized spacial score (nSPS) is 10.7. The number of methoxy groups -OCH3 is 1. The highest BCUT2D eigenvalue weighted by molar-refractivity contribution is 7.92. The monoisotopic (exact) mass is 483 g/mol. The molecular formula is C23H21N3O5S2. The fourth-order valence-electron chi connectivity index (χ4n) is 2.81. The molecule has 0 bridgehead atoms. The van der Waals surface area contributed by atoms with Crippen LogP contribution in [0.4, 0.5) is 11.4 Å².